The van der Waals surface area contributed by atoms with Crippen LogP contribution in [-0.2, 0) is 6.42 Å². The van der Waals surface area contributed by atoms with Crippen LogP contribution in [0.5, 0.6) is 17.2 Å². The van der Waals surface area contributed by atoms with Gasteiger partial charge in [0.25, 0.3) is 5.91 Å². The highest BCUT2D eigenvalue weighted by molar-refractivity contribution is 5.95. The Morgan fingerprint density at radius 3 is 2.30 bits per heavy atom. The van der Waals surface area contributed by atoms with Crippen LogP contribution >= 0.6 is 0 Å². The van der Waals surface area contributed by atoms with E-state index in [0.717, 1.165) is 29.7 Å². The summed E-state index contributed by atoms with van der Waals surface area (Å²) in [5.74, 6) is 2.30. The van der Waals surface area contributed by atoms with E-state index in [0.29, 0.717) is 49.2 Å². The summed E-state index contributed by atoms with van der Waals surface area (Å²) in [6.45, 7) is 7.63. The van der Waals surface area contributed by atoms with Gasteiger partial charge in [0.2, 0.25) is 5.75 Å². The summed E-state index contributed by atoms with van der Waals surface area (Å²) in [6, 6.07) is 11.3. The Morgan fingerprint density at radius 2 is 1.67 bits per heavy atom. The number of amides is 1. The number of rotatable bonds is 11. The molecule has 3 rings (SSSR count). The first-order valence-corrected chi connectivity index (χ1v) is 10.4. The van der Waals surface area contributed by atoms with Crippen molar-refractivity contribution >= 4 is 16.9 Å². The first-order chi connectivity index (χ1) is 14.7. The first kappa shape index (κ1) is 21.5. The Balaban J connectivity index is 1.63. The molecule has 0 unspecified atom stereocenters. The van der Waals surface area contributed by atoms with E-state index in [1.54, 1.807) is 12.1 Å². The summed E-state index contributed by atoms with van der Waals surface area (Å²) in [7, 11) is 0. The number of imidazole rings is 1. The zero-order valence-corrected chi connectivity index (χ0v) is 17.8. The highest BCUT2D eigenvalue weighted by Gasteiger charge is 2.18. The van der Waals surface area contributed by atoms with E-state index >= 15 is 0 Å². The fourth-order valence-corrected chi connectivity index (χ4v) is 3.20. The van der Waals surface area contributed by atoms with Crippen molar-refractivity contribution in [2.75, 3.05) is 26.4 Å². The lowest BCUT2D eigenvalue weighted by molar-refractivity contribution is 0.0952. The van der Waals surface area contributed by atoms with Crippen LogP contribution in [0.2, 0.25) is 0 Å². The molecular weight excluding hydrogens is 382 g/mol. The molecular formula is C23H29N3O4. The molecule has 1 aromatic heterocycles. The molecule has 0 fully saturated rings. The van der Waals surface area contributed by atoms with E-state index in [2.05, 4.69) is 15.3 Å². The number of para-hydroxylation sites is 2. The predicted molar refractivity (Wildman–Crippen MR) is 117 cm³/mol. The minimum atomic E-state index is -0.176. The highest BCUT2D eigenvalue weighted by Crippen LogP contribution is 2.39. The van der Waals surface area contributed by atoms with Crippen molar-refractivity contribution < 1.29 is 19.0 Å². The third-order valence-electron chi connectivity index (χ3n) is 4.49. The molecule has 0 aliphatic heterocycles. The van der Waals surface area contributed by atoms with Gasteiger partial charge in [0, 0.05) is 18.5 Å². The van der Waals surface area contributed by atoms with Crippen molar-refractivity contribution in [1.82, 2.24) is 15.3 Å². The SMILES string of the molecule is CCOc1cc(C(=O)NCCCc2nc3ccccc3[nH]2)cc(OCC)c1OCC. The molecule has 0 saturated heterocycles. The number of aryl methyl sites for hydroxylation is 1. The molecule has 160 valence electrons. The third kappa shape index (κ3) is 5.23. The topological polar surface area (TPSA) is 85.5 Å². The van der Waals surface area contributed by atoms with Crippen molar-refractivity contribution in [2.24, 2.45) is 0 Å². The van der Waals surface area contributed by atoms with E-state index in [4.69, 9.17) is 14.2 Å². The molecule has 0 saturated carbocycles. The number of hydrogen-bond acceptors (Lipinski definition) is 5. The molecule has 0 radical (unpaired) electrons. The maximum absolute atomic E-state index is 12.7. The van der Waals surface area contributed by atoms with Gasteiger partial charge in [-0.1, -0.05) is 12.1 Å². The van der Waals surface area contributed by atoms with Gasteiger partial charge in [-0.2, -0.15) is 0 Å². The summed E-state index contributed by atoms with van der Waals surface area (Å²) < 4.78 is 17.1. The van der Waals surface area contributed by atoms with Crippen LogP contribution in [0.1, 0.15) is 43.4 Å². The maximum Gasteiger partial charge on any atom is 0.251 e. The molecule has 3 aromatic rings. The number of nitrogens with one attached hydrogen (secondary N) is 2. The van der Waals surface area contributed by atoms with Crippen molar-refractivity contribution in [3.63, 3.8) is 0 Å². The summed E-state index contributed by atoms with van der Waals surface area (Å²) in [5.41, 5.74) is 2.46. The van der Waals surface area contributed by atoms with Crippen LogP contribution < -0.4 is 19.5 Å². The van der Waals surface area contributed by atoms with Crippen LogP contribution in [0.4, 0.5) is 0 Å². The number of benzene rings is 2. The second-order valence-electron chi connectivity index (χ2n) is 6.66. The van der Waals surface area contributed by atoms with Gasteiger partial charge in [-0.3, -0.25) is 4.79 Å². The van der Waals surface area contributed by atoms with Crippen LogP contribution in [0.25, 0.3) is 11.0 Å². The number of carbonyl (C=O) groups is 1. The number of fused-ring (bicyclic) bond motifs is 1. The normalized spacial score (nSPS) is 10.8. The van der Waals surface area contributed by atoms with Crippen molar-refractivity contribution in [3.8, 4) is 17.2 Å². The Hall–Kier alpha value is -3.22. The fraction of sp³-hybridized carbons (Fsp3) is 0.391. The summed E-state index contributed by atoms with van der Waals surface area (Å²) in [4.78, 5) is 20.6. The molecule has 2 N–H and O–H groups in total. The molecule has 0 bridgehead atoms. The van der Waals surface area contributed by atoms with Crippen molar-refractivity contribution in [1.29, 1.82) is 0 Å². The predicted octanol–water partition coefficient (Wildman–Crippen LogP) is 4.12. The van der Waals surface area contributed by atoms with E-state index in [1.807, 2.05) is 45.0 Å². The molecule has 7 nitrogen and oxygen atoms in total. The zero-order valence-electron chi connectivity index (χ0n) is 17.8. The molecule has 2 aromatic carbocycles. The zero-order chi connectivity index (χ0) is 21.3. The van der Waals surface area contributed by atoms with Gasteiger partial charge in [-0.15, -0.1) is 0 Å². The summed E-state index contributed by atoms with van der Waals surface area (Å²) in [6.07, 6.45) is 1.53. The molecule has 30 heavy (non-hydrogen) atoms. The average molecular weight is 412 g/mol. The second kappa shape index (κ2) is 10.5. The van der Waals surface area contributed by atoms with Gasteiger partial charge in [-0.25, -0.2) is 4.98 Å². The maximum atomic E-state index is 12.7. The van der Waals surface area contributed by atoms with E-state index in [1.165, 1.54) is 0 Å². The van der Waals surface area contributed by atoms with Gasteiger partial charge < -0.3 is 24.5 Å². The number of aromatic amines is 1. The van der Waals surface area contributed by atoms with Crippen LogP contribution in [0.15, 0.2) is 36.4 Å². The number of nitrogens with zero attached hydrogens (tertiary/aromatic N) is 1. The fourth-order valence-electron chi connectivity index (χ4n) is 3.20. The van der Waals surface area contributed by atoms with E-state index in [9.17, 15) is 4.79 Å². The molecule has 7 heteroatoms. The molecule has 0 aliphatic carbocycles. The largest absolute Gasteiger partial charge is 0.490 e. The van der Waals surface area contributed by atoms with E-state index < -0.39 is 0 Å². The lowest BCUT2D eigenvalue weighted by Gasteiger charge is -2.17. The number of H-pyrrole nitrogens is 1. The van der Waals surface area contributed by atoms with Gasteiger partial charge in [0.1, 0.15) is 5.82 Å². The Morgan fingerprint density at radius 1 is 1.00 bits per heavy atom. The standard InChI is InChI=1S/C23H29N3O4/c1-4-28-19-14-16(15-20(29-5-2)22(19)30-6-3)23(27)24-13-9-12-21-25-17-10-7-8-11-18(17)26-21/h7-8,10-11,14-15H,4-6,9,12-13H2,1-3H3,(H,24,27)(H,25,26). The highest BCUT2D eigenvalue weighted by atomic mass is 16.5. The van der Waals surface area contributed by atoms with Crippen LogP contribution in [0, 0.1) is 0 Å². The van der Waals surface area contributed by atoms with Gasteiger partial charge >= 0.3 is 0 Å². The lowest BCUT2D eigenvalue weighted by Crippen LogP contribution is -2.25. The number of aromatic nitrogens is 2. The number of carbonyl (C=O) groups excluding carboxylic acids is 1. The molecule has 1 heterocycles. The minimum absolute atomic E-state index is 0.176. The first-order valence-electron chi connectivity index (χ1n) is 10.4. The Kier molecular flexibility index (Phi) is 7.54. The van der Waals surface area contributed by atoms with Gasteiger partial charge in [0.05, 0.1) is 30.9 Å². The Bertz CT molecular complexity index is 923. The quantitative estimate of drug-likeness (QED) is 0.464. The average Bonchev–Trinajstić information content (AvgIpc) is 3.16. The molecule has 1 amide bonds. The number of hydrogen-bond donors (Lipinski definition) is 2. The second-order valence-corrected chi connectivity index (χ2v) is 6.66. The Labute approximate surface area is 176 Å². The van der Waals surface area contributed by atoms with Gasteiger partial charge in [-0.05, 0) is 51.5 Å². The monoisotopic (exact) mass is 411 g/mol. The third-order valence-corrected chi connectivity index (χ3v) is 4.49. The lowest BCUT2D eigenvalue weighted by atomic mass is 10.1. The van der Waals surface area contributed by atoms with Crippen molar-refractivity contribution in [2.45, 2.75) is 33.6 Å². The minimum Gasteiger partial charge on any atom is -0.490 e. The molecule has 0 atom stereocenters. The van der Waals surface area contributed by atoms with Crippen LogP contribution in [-0.4, -0.2) is 42.2 Å². The molecule has 0 aliphatic rings. The summed E-state index contributed by atoms with van der Waals surface area (Å²) in [5, 5.41) is 2.96. The smallest absolute Gasteiger partial charge is 0.251 e. The van der Waals surface area contributed by atoms with Gasteiger partial charge in [0.15, 0.2) is 11.5 Å². The number of ether oxygens (including phenoxy) is 3. The summed E-state index contributed by atoms with van der Waals surface area (Å²) >= 11 is 0. The van der Waals surface area contributed by atoms with Crippen LogP contribution in [0.3, 0.4) is 0 Å². The van der Waals surface area contributed by atoms with Crippen molar-refractivity contribution in [3.05, 3.63) is 47.8 Å². The van der Waals surface area contributed by atoms with E-state index in [-0.39, 0.29) is 5.91 Å². The molecule has 0 spiro atoms.